The van der Waals surface area contributed by atoms with E-state index >= 15 is 0 Å². The van der Waals surface area contributed by atoms with Crippen molar-refractivity contribution in [2.24, 2.45) is 0 Å². The Labute approximate surface area is 172 Å². The van der Waals surface area contributed by atoms with Crippen LogP contribution in [-0.2, 0) is 16.1 Å². The Balaban J connectivity index is 1.66. The summed E-state index contributed by atoms with van der Waals surface area (Å²) in [5, 5.41) is 10.2. The van der Waals surface area contributed by atoms with Crippen LogP contribution in [0.5, 0.6) is 0 Å². The molecule has 8 heteroatoms. The number of rotatable bonds is 8. The van der Waals surface area contributed by atoms with Crippen molar-refractivity contribution in [3.05, 3.63) is 76.4 Å². The number of furan rings is 1. The second kappa shape index (κ2) is 9.70. The zero-order valence-electron chi connectivity index (χ0n) is 15.8. The van der Waals surface area contributed by atoms with Gasteiger partial charge in [0, 0.05) is 11.8 Å². The highest BCUT2D eigenvalue weighted by Crippen LogP contribution is 2.23. The van der Waals surface area contributed by atoms with Crippen molar-refractivity contribution in [2.75, 3.05) is 5.32 Å². The standard InChI is InChI=1S/C21H21N3O4S/c1-14(25)23-18(19-9-5-11-29-19)12-20(26)24-17-8-3-2-7-16(17)21(27)22-13-15-6-4-10-28-15/h2-11,18H,12-13H2,1H3,(H,22,27)(H,23,25)(H,24,26). The van der Waals surface area contributed by atoms with Gasteiger partial charge in [-0.15, -0.1) is 11.3 Å². The summed E-state index contributed by atoms with van der Waals surface area (Å²) in [4.78, 5) is 37.5. The van der Waals surface area contributed by atoms with E-state index in [1.54, 1.807) is 36.4 Å². The normalized spacial score (nSPS) is 11.5. The highest BCUT2D eigenvalue weighted by Gasteiger charge is 2.20. The second-order valence-corrected chi connectivity index (χ2v) is 7.31. The van der Waals surface area contributed by atoms with E-state index in [4.69, 9.17) is 4.42 Å². The number of nitrogens with one attached hydrogen (secondary N) is 3. The Bertz CT molecular complexity index is 968. The maximum Gasteiger partial charge on any atom is 0.253 e. The summed E-state index contributed by atoms with van der Waals surface area (Å²) in [7, 11) is 0. The zero-order chi connectivity index (χ0) is 20.6. The highest BCUT2D eigenvalue weighted by molar-refractivity contribution is 7.10. The fourth-order valence-corrected chi connectivity index (χ4v) is 3.59. The molecule has 0 bridgehead atoms. The van der Waals surface area contributed by atoms with E-state index in [1.807, 2.05) is 17.5 Å². The third-order valence-corrected chi connectivity index (χ3v) is 5.09. The SMILES string of the molecule is CC(=O)NC(CC(=O)Nc1ccccc1C(=O)NCc1ccco1)c1cccs1. The second-order valence-electron chi connectivity index (χ2n) is 6.33. The molecule has 2 heterocycles. The summed E-state index contributed by atoms with van der Waals surface area (Å²) in [6.07, 6.45) is 1.59. The van der Waals surface area contributed by atoms with Gasteiger partial charge in [0.1, 0.15) is 5.76 Å². The Morgan fingerprint density at radius 1 is 1.07 bits per heavy atom. The topological polar surface area (TPSA) is 100 Å². The molecular weight excluding hydrogens is 390 g/mol. The average molecular weight is 411 g/mol. The molecule has 0 aliphatic carbocycles. The summed E-state index contributed by atoms with van der Waals surface area (Å²) >= 11 is 1.47. The third-order valence-electron chi connectivity index (χ3n) is 4.10. The van der Waals surface area contributed by atoms with Gasteiger partial charge in [0.2, 0.25) is 11.8 Å². The molecule has 0 saturated carbocycles. The molecule has 1 aromatic carbocycles. The van der Waals surface area contributed by atoms with Crippen molar-refractivity contribution in [3.8, 4) is 0 Å². The van der Waals surface area contributed by atoms with Crippen LogP contribution < -0.4 is 16.0 Å². The van der Waals surface area contributed by atoms with Crippen LogP contribution in [0.25, 0.3) is 0 Å². The molecule has 7 nitrogen and oxygen atoms in total. The molecule has 0 fully saturated rings. The third kappa shape index (κ3) is 5.79. The predicted molar refractivity (Wildman–Crippen MR) is 110 cm³/mol. The fraction of sp³-hybridized carbons (Fsp3) is 0.190. The van der Waals surface area contributed by atoms with Gasteiger partial charge in [-0.05, 0) is 35.7 Å². The summed E-state index contributed by atoms with van der Waals surface area (Å²) in [6.45, 7) is 1.66. The average Bonchev–Trinajstić information content (AvgIpc) is 3.39. The number of para-hydroxylation sites is 1. The number of thiophene rings is 1. The molecule has 150 valence electrons. The van der Waals surface area contributed by atoms with Gasteiger partial charge in [-0.1, -0.05) is 18.2 Å². The van der Waals surface area contributed by atoms with Crippen molar-refractivity contribution in [3.63, 3.8) is 0 Å². The summed E-state index contributed by atoms with van der Waals surface area (Å²) in [6, 6.07) is 13.6. The highest BCUT2D eigenvalue weighted by atomic mass is 32.1. The van der Waals surface area contributed by atoms with Gasteiger partial charge in [0.05, 0.1) is 36.5 Å². The fourth-order valence-electron chi connectivity index (χ4n) is 2.81. The first-order valence-corrected chi connectivity index (χ1v) is 9.91. The van der Waals surface area contributed by atoms with Crippen LogP contribution in [0.2, 0.25) is 0 Å². The van der Waals surface area contributed by atoms with Gasteiger partial charge >= 0.3 is 0 Å². The lowest BCUT2D eigenvalue weighted by molar-refractivity contribution is -0.120. The molecule has 0 aliphatic rings. The summed E-state index contributed by atoms with van der Waals surface area (Å²) in [5.41, 5.74) is 0.752. The van der Waals surface area contributed by atoms with Gasteiger partial charge in [-0.2, -0.15) is 0 Å². The monoisotopic (exact) mass is 411 g/mol. The summed E-state index contributed by atoms with van der Waals surface area (Å²) < 4.78 is 5.21. The van der Waals surface area contributed by atoms with Crippen LogP contribution in [0.3, 0.4) is 0 Å². The quantitative estimate of drug-likeness (QED) is 0.528. The Hall–Kier alpha value is -3.39. The first kappa shape index (κ1) is 20.3. The molecule has 0 radical (unpaired) electrons. The molecule has 2 aromatic heterocycles. The molecule has 0 spiro atoms. The van der Waals surface area contributed by atoms with Crippen molar-refractivity contribution in [1.29, 1.82) is 0 Å². The van der Waals surface area contributed by atoms with Crippen molar-refractivity contribution in [2.45, 2.75) is 25.9 Å². The Kier molecular flexibility index (Phi) is 6.80. The maximum atomic E-state index is 12.6. The first-order chi connectivity index (χ1) is 14.0. The van der Waals surface area contributed by atoms with E-state index in [1.165, 1.54) is 24.5 Å². The molecule has 0 aliphatic heterocycles. The van der Waals surface area contributed by atoms with Crippen molar-refractivity contribution in [1.82, 2.24) is 10.6 Å². The van der Waals surface area contributed by atoms with Crippen LogP contribution in [0.4, 0.5) is 5.69 Å². The number of carbonyl (C=O) groups is 3. The molecule has 3 rings (SSSR count). The molecular formula is C21H21N3O4S. The lowest BCUT2D eigenvalue weighted by Crippen LogP contribution is -2.30. The van der Waals surface area contributed by atoms with Gasteiger partial charge < -0.3 is 20.4 Å². The van der Waals surface area contributed by atoms with Gasteiger partial charge in [-0.25, -0.2) is 0 Å². The number of amides is 3. The van der Waals surface area contributed by atoms with E-state index in [0.29, 0.717) is 17.0 Å². The van der Waals surface area contributed by atoms with Gasteiger partial charge in [0.15, 0.2) is 0 Å². The largest absolute Gasteiger partial charge is 0.467 e. The van der Waals surface area contributed by atoms with Crippen molar-refractivity contribution >= 4 is 34.7 Å². The number of anilines is 1. The number of hydrogen-bond acceptors (Lipinski definition) is 5. The van der Waals surface area contributed by atoms with Gasteiger partial charge in [0.25, 0.3) is 5.91 Å². The molecule has 29 heavy (non-hydrogen) atoms. The molecule has 3 aromatic rings. The van der Waals surface area contributed by atoms with Crippen LogP contribution >= 0.6 is 11.3 Å². The summed E-state index contributed by atoms with van der Waals surface area (Å²) in [5.74, 6) is -0.208. The molecule has 3 N–H and O–H groups in total. The van der Waals surface area contributed by atoms with E-state index < -0.39 is 6.04 Å². The van der Waals surface area contributed by atoms with Crippen LogP contribution in [0, 0.1) is 0 Å². The van der Waals surface area contributed by atoms with Crippen LogP contribution in [0.15, 0.2) is 64.6 Å². The molecule has 3 amide bonds. The van der Waals surface area contributed by atoms with Crippen molar-refractivity contribution < 1.29 is 18.8 Å². The number of carbonyl (C=O) groups excluding carboxylic acids is 3. The molecule has 0 saturated heterocycles. The first-order valence-electron chi connectivity index (χ1n) is 9.03. The lowest BCUT2D eigenvalue weighted by atomic mass is 10.1. The van der Waals surface area contributed by atoms with Crippen LogP contribution in [0.1, 0.15) is 40.4 Å². The van der Waals surface area contributed by atoms with Crippen LogP contribution in [-0.4, -0.2) is 17.7 Å². The van der Waals surface area contributed by atoms with Gasteiger partial charge in [-0.3, -0.25) is 14.4 Å². The minimum Gasteiger partial charge on any atom is -0.467 e. The van der Waals surface area contributed by atoms with E-state index in [-0.39, 0.29) is 30.7 Å². The minimum atomic E-state index is -0.424. The predicted octanol–water partition coefficient (Wildman–Crippen LogP) is 3.48. The minimum absolute atomic E-state index is 0.0580. The Morgan fingerprint density at radius 2 is 1.90 bits per heavy atom. The lowest BCUT2D eigenvalue weighted by Gasteiger charge is -2.17. The maximum absolute atomic E-state index is 12.6. The van der Waals surface area contributed by atoms with E-state index in [0.717, 1.165) is 4.88 Å². The van der Waals surface area contributed by atoms with E-state index in [2.05, 4.69) is 16.0 Å². The number of hydrogen-bond donors (Lipinski definition) is 3. The molecule has 1 unspecified atom stereocenters. The zero-order valence-corrected chi connectivity index (χ0v) is 16.6. The van der Waals surface area contributed by atoms with E-state index in [9.17, 15) is 14.4 Å². The smallest absolute Gasteiger partial charge is 0.253 e. The molecule has 1 atom stereocenters. The Morgan fingerprint density at radius 3 is 2.59 bits per heavy atom. The number of benzene rings is 1.